The quantitative estimate of drug-likeness (QED) is 0.839. The summed E-state index contributed by atoms with van der Waals surface area (Å²) < 4.78 is 11.1. The molecule has 5 heteroatoms. The van der Waals surface area contributed by atoms with E-state index >= 15 is 0 Å². The van der Waals surface area contributed by atoms with Crippen LogP contribution in [0.15, 0.2) is 36.0 Å². The van der Waals surface area contributed by atoms with Gasteiger partial charge in [-0.3, -0.25) is 0 Å². The van der Waals surface area contributed by atoms with Crippen LogP contribution in [0.5, 0.6) is 0 Å². The number of hydrogen-bond donors (Lipinski definition) is 1. The van der Waals surface area contributed by atoms with E-state index in [0.29, 0.717) is 0 Å². The van der Waals surface area contributed by atoms with E-state index in [4.69, 9.17) is 9.47 Å². The minimum Gasteiger partial charge on any atom is -0.449 e. The minimum absolute atomic E-state index is 0.133. The fraction of sp³-hybridized carbons (Fsp3) is 0.571. The summed E-state index contributed by atoms with van der Waals surface area (Å²) in [5.41, 5.74) is 3.02. The number of esters is 1. The highest BCUT2D eigenvalue weighted by Gasteiger charge is 2.44. The van der Waals surface area contributed by atoms with Crippen LogP contribution in [0.3, 0.4) is 0 Å². The zero-order valence-electron chi connectivity index (χ0n) is 15.5. The molecule has 1 atom stereocenters. The van der Waals surface area contributed by atoms with Gasteiger partial charge < -0.3 is 19.7 Å². The van der Waals surface area contributed by atoms with Crippen molar-refractivity contribution >= 4 is 11.7 Å². The molecule has 26 heavy (non-hydrogen) atoms. The van der Waals surface area contributed by atoms with E-state index in [-0.39, 0.29) is 12.0 Å². The van der Waals surface area contributed by atoms with E-state index in [2.05, 4.69) is 41.4 Å². The van der Waals surface area contributed by atoms with E-state index in [9.17, 15) is 4.79 Å². The topological polar surface area (TPSA) is 50.8 Å². The number of hydrogen-bond acceptors (Lipinski definition) is 5. The second kappa shape index (κ2) is 7.31. The molecule has 1 spiro atoms. The van der Waals surface area contributed by atoms with Crippen LogP contribution in [-0.4, -0.2) is 37.9 Å². The van der Waals surface area contributed by atoms with E-state index in [1.54, 1.807) is 6.08 Å². The Morgan fingerprint density at radius 1 is 1.08 bits per heavy atom. The summed E-state index contributed by atoms with van der Waals surface area (Å²) in [5.74, 6) is -0.204. The highest BCUT2D eigenvalue weighted by molar-refractivity contribution is 5.86. The molecular weight excluding hydrogens is 328 g/mol. The lowest BCUT2D eigenvalue weighted by atomic mass is 9.82. The van der Waals surface area contributed by atoms with Crippen LogP contribution in [0.1, 0.15) is 50.6 Å². The molecule has 1 aromatic carbocycles. The predicted octanol–water partition coefficient (Wildman–Crippen LogP) is 3.32. The summed E-state index contributed by atoms with van der Waals surface area (Å²) in [4.78, 5) is 14.3. The van der Waals surface area contributed by atoms with Crippen LogP contribution in [-0.2, 0) is 14.3 Å². The Morgan fingerprint density at radius 3 is 2.46 bits per heavy atom. The second-order valence-corrected chi connectivity index (χ2v) is 7.59. The number of carbonyl (C=O) groups is 1. The van der Waals surface area contributed by atoms with Gasteiger partial charge in [-0.05, 0) is 50.3 Å². The Morgan fingerprint density at radius 2 is 1.77 bits per heavy atom. The Hall–Kier alpha value is -2.01. The SMILES string of the molecule is C[C@H](NC1=CC(=O)OC12CCCCC2)c1ccc(N2CCOCC2)cc1. The van der Waals surface area contributed by atoms with Gasteiger partial charge in [0.25, 0.3) is 0 Å². The summed E-state index contributed by atoms with van der Waals surface area (Å²) in [6, 6.07) is 8.84. The minimum atomic E-state index is -0.405. The van der Waals surface area contributed by atoms with Crippen molar-refractivity contribution in [3.8, 4) is 0 Å². The number of ether oxygens (including phenoxy) is 2. The molecular formula is C21H28N2O3. The van der Waals surface area contributed by atoms with Crippen LogP contribution in [0, 0.1) is 0 Å². The molecule has 1 saturated carbocycles. The molecule has 0 unspecified atom stereocenters. The van der Waals surface area contributed by atoms with Crippen LogP contribution < -0.4 is 10.2 Å². The van der Waals surface area contributed by atoms with Crippen LogP contribution >= 0.6 is 0 Å². The molecule has 0 radical (unpaired) electrons. The number of rotatable bonds is 4. The van der Waals surface area contributed by atoms with Crippen molar-refractivity contribution < 1.29 is 14.3 Å². The highest BCUT2D eigenvalue weighted by atomic mass is 16.6. The largest absolute Gasteiger partial charge is 0.449 e. The van der Waals surface area contributed by atoms with Crippen LogP contribution in [0.25, 0.3) is 0 Å². The molecule has 4 rings (SSSR count). The van der Waals surface area contributed by atoms with Crippen molar-refractivity contribution in [2.45, 2.75) is 50.7 Å². The lowest BCUT2D eigenvalue weighted by Crippen LogP contribution is -2.40. The average molecular weight is 356 g/mol. The Bertz CT molecular complexity index is 671. The summed E-state index contributed by atoms with van der Waals surface area (Å²) >= 11 is 0. The van der Waals surface area contributed by atoms with E-state index < -0.39 is 5.60 Å². The molecule has 140 valence electrons. The van der Waals surface area contributed by atoms with E-state index in [0.717, 1.165) is 57.7 Å². The molecule has 0 bridgehead atoms. The normalized spacial score (nSPS) is 23.5. The third-order valence-electron chi connectivity index (χ3n) is 5.85. The van der Waals surface area contributed by atoms with Crippen molar-refractivity contribution in [2.75, 3.05) is 31.2 Å². The maximum absolute atomic E-state index is 11.9. The molecule has 1 aliphatic carbocycles. The van der Waals surface area contributed by atoms with Gasteiger partial charge in [0.2, 0.25) is 0 Å². The average Bonchev–Trinajstić information content (AvgIpc) is 2.97. The molecule has 5 nitrogen and oxygen atoms in total. The monoisotopic (exact) mass is 356 g/mol. The lowest BCUT2D eigenvalue weighted by Gasteiger charge is -2.36. The first-order chi connectivity index (χ1) is 12.7. The van der Waals surface area contributed by atoms with E-state index in [1.165, 1.54) is 17.7 Å². The molecule has 1 aromatic rings. The Kier molecular flexibility index (Phi) is 4.90. The Balaban J connectivity index is 1.44. The molecule has 1 N–H and O–H groups in total. The molecule has 0 amide bonds. The number of benzene rings is 1. The summed E-state index contributed by atoms with van der Waals surface area (Å²) in [7, 11) is 0. The number of carbonyl (C=O) groups excluding carboxylic acids is 1. The van der Waals surface area contributed by atoms with E-state index in [1.807, 2.05) is 0 Å². The van der Waals surface area contributed by atoms with Gasteiger partial charge in [0.15, 0.2) is 5.60 Å². The molecule has 3 aliphatic rings. The first-order valence-corrected chi connectivity index (χ1v) is 9.81. The highest BCUT2D eigenvalue weighted by Crippen LogP contribution is 2.40. The summed E-state index contributed by atoms with van der Waals surface area (Å²) in [5, 5.41) is 3.57. The molecule has 2 fully saturated rings. The van der Waals surface area contributed by atoms with Crippen LogP contribution in [0.4, 0.5) is 5.69 Å². The molecule has 1 saturated heterocycles. The van der Waals surface area contributed by atoms with Crippen molar-refractivity contribution in [3.05, 3.63) is 41.6 Å². The smallest absolute Gasteiger partial charge is 0.333 e. The van der Waals surface area contributed by atoms with Gasteiger partial charge in [-0.2, -0.15) is 0 Å². The molecule has 2 heterocycles. The van der Waals surface area contributed by atoms with Crippen molar-refractivity contribution in [2.24, 2.45) is 0 Å². The van der Waals surface area contributed by atoms with Gasteiger partial charge in [-0.15, -0.1) is 0 Å². The predicted molar refractivity (Wildman–Crippen MR) is 101 cm³/mol. The zero-order chi connectivity index (χ0) is 18.0. The zero-order valence-corrected chi connectivity index (χ0v) is 15.5. The summed E-state index contributed by atoms with van der Waals surface area (Å²) in [6.45, 7) is 5.63. The van der Waals surface area contributed by atoms with Gasteiger partial charge in [-0.1, -0.05) is 18.6 Å². The third kappa shape index (κ3) is 3.45. The fourth-order valence-corrected chi connectivity index (χ4v) is 4.31. The number of anilines is 1. The molecule has 2 aliphatic heterocycles. The number of morpholine rings is 1. The van der Waals surface area contributed by atoms with Gasteiger partial charge in [-0.25, -0.2) is 4.79 Å². The third-order valence-corrected chi connectivity index (χ3v) is 5.85. The lowest BCUT2D eigenvalue weighted by molar-refractivity contribution is -0.148. The maximum atomic E-state index is 11.9. The number of nitrogens with zero attached hydrogens (tertiary/aromatic N) is 1. The summed E-state index contributed by atoms with van der Waals surface area (Å²) in [6.07, 6.45) is 6.99. The van der Waals surface area contributed by atoms with Gasteiger partial charge >= 0.3 is 5.97 Å². The fourth-order valence-electron chi connectivity index (χ4n) is 4.31. The van der Waals surface area contributed by atoms with Crippen molar-refractivity contribution in [1.29, 1.82) is 0 Å². The van der Waals surface area contributed by atoms with Gasteiger partial charge in [0.05, 0.1) is 18.9 Å². The first-order valence-electron chi connectivity index (χ1n) is 9.81. The maximum Gasteiger partial charge on any atom is 0.333 e. The van der Waals surface area contributed by atoms with Crippen molar-refractivity contribution in [3.63, 3.8) is 0 Å². The number of nitrogens with one attached hydrogen (secondary N) is 1. The second-order valence-electron chi connectivity index (χ2n) is 7.59. The van der Waals surface area contributed by atoms with Gasteiger partial charge in [0, 0.05) is 30.9 Å². The molecule has 0 aromatic heterocycles. The van der Waals surface area contributed by atoms with Crippen LogP contribution in [0.2, 0.25) is 0 Å². The Labute approximate surface area is 155 Å². The van der Waals surface area contributed by atoms with Gasteiger partial charge in [0.1, 0.15) is 0 Å². The van der Waals surface area contributed by atoms with Crippen molar-refractivity contribution in [1.82, 2.24) is 5.32 Å². The first kappa shape index (κ1) is 17.4. The standard InChI is InChI=1S/C21H28N2O3/c1-16(17-5-7-18(8-6-17)23-11-13-25-14-12-23)22-19-15-20(24)26-21(19)9-3-2-4-10-21/h5-8,15-16,22H,2-4,9-14H2,1H3/t16-/m0/s1.